The monoisotopic (exact) mass is 389 g/mol. The van der Waals surface area contributed by atoms with Crippen LogP contribution >= 0.6 is 11.6 Å². The van der Waals surface area contributed by atoms with E-state index in [4.69, 9.17) is 16.0 Å². The first-order valence-electron chi connectivity index (χ1n) is 7.53. The molecule has 0 aliphatic carbocycles. The number of alkyl halides is 1. The molecule has 136 valence electrons. The Balaban J connectivity index is 1.88. The van der Waals surface area contributed by atoms with Gasteiger partial charge >= 0.3 is 5.22 Å². The minimum absolute atomic E-state index is 0.150. The minimum Gasteiger partial charge on any atom is -0.413 e. The second kappa shape index (κ2) is 8.91. The van der Waals surface area contributed by atoms with Gasteiger partial charge in [-0.1, -0.05) is 17.2 Å². The molecule has 0 aliphatic heterocycles. The molecule has 1 heterocycles. The van der Waals surface area contributed by atoms with Crippen molar-refractivity contribution in [2.75, 3.05) is 12.4 Å². The third-order valence-electron chi connectivity index (χ3n) is 3.20. The molecular formula is C15H17ClFN3O4S. The SMILES string of the molecule is O=C(CCCl)NCCCc1nnc(S(=O)(=O)Cc2ccc(F)cc2)o1. The lowest BCUT2D eigenvalue weighted by molar-refractivity contribution is -0.120. The van der Waals surface area contributed by atoms with Gasteiger partial charge in [0.1, 0.15) is 5.82 Å². The molecule has 0 fully saturated rings. The largest absolute Gasteiger partial charge is 0.413 e. The summed E-state index contributed by atoms with van der Waals surface area (Å²) in [4.78, 5) is 11.2. The molecule has 0 spiro atoms. The maximum Gasteiger partial charge on any atom is 0.335 e. The summed E-state index contributed by atoms with van der Waals surface area (Å²) in [6.45, 7) is 0.399. The fourth-order valence-electron chi connectivity index (χ4n) is 1.97. The van der Waals surface area contributed by atoms with Crippen LogP contribution in [0.4, 0.5) is 4.39 Å². The number of nitrogens with zero attached hydrogens (tertiary/aromatic N) is 2. The highest BCUT2D eigenvalue weighted by atomic mass is 35.5. The van der Waals surface area contributed by atoms with Gasteiger partial charge < -0.3 is 9.73 Å². The summed E-state index contributed by atoms with van der Waals surface area (Å²) in [7, 11) is -3.80. The van der Waals surface area contributed by atoms with E-state index >= 15 is 0 Å². The first-order valence-corrected chi connectivity index (χ1v) is 9.71. The van der Waals surface area contributed by atoms with Crippen molar-refractivity contribution < 1.29 is 22.0 Å². The van der Waals surface area contributed by atoms with Crippen LogP contribution in [0.25, 0.3) is 0 Å². The van der Waals surface area contributed by atoms with E-state index in [-0.39, 0.29) is 29.9 Å². The van der Waals surface area contributed by atoms with E-state index in [1.54, 1.807) is 0 Å². The fourth-order valence-corrected chi connectivity index (χ4v) is 3.28. The van der Waals surface area contributed by atoms with Crippen LogP contribution in [0.3, 0.4) is 0 Å². The van der Waals surface area contributed by atoms with Gasteiger partial charge in [-0.15, -0.1) is 16.7 Å². The van der Waals surface area contributed by atoms with Crippen LogP contribution in [0.5, 0.6) is 0 Å². The molecule has 1 aromatic heterocycles. The summed E-state index contributed by atoms with van der Waals surface area (Å²) in [6, 6.07) is 5.13. The van der Waals surface area contributed by atoms with Crippen LogP contribution in [-0.2, 0) is 26.8 Å². The average molecular weight is 390 g/mol. The van der Waals surface area contributed by atoms with Gasteiger partial charge in [0.05, 0.1) is 5.75 Å². The van der Waals surface area contributed by atoms with Crippen LogP contribution in [0.2, 0.25) is 0 Å². The molecule has 0 atom stereocenters. The Bertz CT molecular complexity index is 808. The number of aromatic nitrogens is 2. The molecule has 0 radical (unpaired) electrons. The van der Waals surface area contributed by atoms with Gasteiger partial charge in [-0.25, -0.2) is 12.8 Å². The maximum absolute atomic E-state index is 12.9. The van der Waals surface area contributed by atoms with Crippen molar-refractivity contribution in [3.8, 4) is 0 Å². The van der Waals surface area contributed by atoms with E-state index in [2.05, 4.69) is 15.5 Å². The second-order valence-corrected chi connectivity index (χ2v) is 7.49. The topological polar surface area (TPSA) is 102 Å². The number of rotatable bonds is 9. The Morgan fingerprint density at radius 1 is 1.24 bits per heavy atom. The number of halogens is 2. The molecule has 10 heteroatoms. The molecule has 2 aromatic rings. The van der Waals surface area contributed by atoms with Crippen molar-refractivity contribution in [3.63, 3.8) is 0 Å². The lowest BCUT2D eigenvalue weighted by Gasteiger charge is -2.02. The summed E-state index contributed by atoms with van der Waals surface area (Å²) < 4.78 is 42.5. The smallest absolute Gasteiger partial charge is 0.335 e. The molecule has 0 saturated carbocycles. The molecule has 7 nitrogen and oxygen atoms in total. The van der Waals surface area contributed by atoms with E-state index in [0.29, 0.717) is 24.9 Å². The first-order chi connectivity index (χ1) is 11.9. The van der Waals surface area contributed by atoms with E-state index < -0.39 is 20.9 Å². The summed E-state index contributed by atoms with van der Waals surface area (Å²) in [5.41, 5.74) is 0.420. The predicted octanol–water partition coefficient (Wildman–Crippen LogP) is 1.86. The summed E-state index contributed by atoms with van der Waals surface area (Å²) in [5, 5.41) is 9.45. The van der Waals surface area contributed by atoms with Crippen molar-refractivity contribution in [2.24, 2.45) is 0 Å². The first kappa shape index (κ1) is 19.3. The third-order valence-corrected chi connectivity index (χ3v) is 4.79. The number of benzene rings is 1. The van der Waals surface area contributed by atoms with Gasteiger partial charge in [-0.2, -0.15) is 0 Å². The van der Waals surface area contributed by atoms with Crippen molar-refractivity contribution in [3.05, 3.63) is 41.5 Å². The maximum atomic E-state index is 12.9. The Morgan fingerprint density at radius 2 is 1.96 bits per heavy atom. The quantitative estimate of drug-likeness (QED) is 0.518. The minimum atomic E-state index is -3.80. The number of sulfone groups is 1. The molecule has 0 saturated heterocycles. The van der Waals surface area contributed by atoms with Crippen LogP contribution in [0.15, 0.2) is 33.9 Å². The fraction of sp³-hybridized carbons (Fsp3) is 0.400. The van der Waals surface area contributed by atoms with Crippen molar-refractivity contribution in [1.82, 2.24) is 15.5 Å². The van der Waals surface area contributed by atoms with Crippen molar-refractivity contribution in [2.45, 2.75) is 30.2 Å². The van der Waals surface area contributed by atoms with Gasteiger partial charge in [0, 0.05) is 25.3 Å². The zero-order valence-corrected chi connectivity index (χ0v) is 14.8. The molecule has 1 N–H and O–H groups in total. The molecule has 1 amide bonds. The van der Waals surface area contributed by atoms with Gasteiger partial charge in [0.25, 0.3) is 0 Å². The number of hydrogen-bond donors (Lipinski definition) is 1. The molecule has 0 aliphatic rings. The molecule has 1 aromatic carbocycles. The predicted molar refractivity (Wildman–Crippen MR) is 88.3 cm³/mol. The zero-order chi connectivity index (χ0) is 18.3. The molecule has 0 bridgehead atoms. The van der Waals surface area contributed by atoms with Gasteiger partial charge in [-0.3, -0.25) is 4.79 Å². The highest BCUT2D eigenvalue weighted by molar-refractivity contribution is 7.90. The van der Waals surface area contributed by atoms with Crippen molar-refractivity contribution >= 4 is 27.3 Å². The molecular weight excluding hydrogens is 373 g/mol. The average Bonchev–Trinajstić information content (AvgIpc) is 3.04. The van der Waals surface area contributed by atoms with E-state index in [9.17, 15) is 17.6 Å². The Kier molecular flexibility index (Phi) is 6.89. The number of aryl methyl sites for hydroxylation is 1. The molecule has 2 rings (SSSR count). The highest BCUT2D eigenvalue weighted by Gasteiger charge is 2.23. The summed E-state index contributed by atoms with van der Waals surface area (Å²) >= 11 is 5.45. The lowest BCUT2D eigenvalue weighted by Crippen LogP contribution is -2.24. The van der Waals surface area contributed by atoms with Gasteiger partial charge in [0.15, 0.2) is 0 Å². The van der Waals surface area contributed by atoms with E-state index in [1.807, 2.05) is 0 Å². The van der Waals surface area contributed by atoms with Crippen LogP contribution in [0.1, 0.15) is 24.3 Å². The van der Waals surface area contributed by atoms with Gasteiger partial charge in [0.2, 0.25) is 21.6 Å². The zero-order valence-electron chi connectivity index (χ0n) is 13.2. The number of nitrogens with one attached hydrogen (secondary N) is 1. The van der Waals surface area contributed by atoms with E-state index in [0.717, 1.165) is 0 Å². The van der Waals surface area contributed by atoms with Crippen LogP contribution in [0, 0.1) is 5.82 Å². The Hall–Kier alpha value is -2.00. The van der Waals surface area contributed by atoms with Crippen LogP contribution in [-0.4, -0.2) is 36.9 Å². The number of carbonyl (C=O) groups excluding carboxylic acids is 1. The number of carbonyl (C=O) groups is 1. The summed E-state index contributed by atoms with van der Waals surface area (Å²) in [6.07, 6.45) is 1.10. The normalized spacial score (nSPS) is 11.4. The third kappa shape index (κ3) is 6.09. The standard InChI is InChI=1S/C15H17ClFN3O4S/c16-8-7-13(21)18-9-1-2-14-19-20-15(24-14)25(22,23)10-11-3-5-12(17)6-4-11/h3-6H,1-2,7-10H2,(H,18,21). The summed E-state index contributed by atoms with van der Waals surface area (Å²) in [5.74, 6) is -0.527. The van der Waals surface area contributed by atoms with Gasteiger partial charge in [-0.05, 0) is 24.1 Å². The second-order valence-electron chi connectivity index (χ2n) is 5.24. The molecule has 25 heavy (non-hydrogen) atoms. The number of amides is 1. The van der Waals surface area contributed by atoms with E-state index in [1.165, 1.54) is 24.3 Å². The highest BCUT2D eigenvalue weighted by Crippen LogP contribution is 2.16. The lowest BCUT2D eigenvalue weighted by atomic mass is 10.2. The van der Waals surface area contributed by atoms with Crippen LogP contribution < -0.4 is 5.32 Å². The Morgan fingerprint density at radius 3 is 2.64 bits per heavy atom. The molecule has 0 unspecified atom stereocenters. The Labute approximate surface area is 149 Å². The van der Waals surface area contributed by atoms with Crippen molar-refractivity contribution in [1.29, 1.82) is 0 Å². The number of hydrogen-bond acceptors (Lipinski definition) is 6.